The highest BCUT2D eigenvalue weighted by Crippen LogP contribution is 2.35. The first-order valence-electron chi connectivity index (χ1n) is 3.51. The third kappa shape index (κ3) is 1.44. The summed E-state index contributed by atoms with van der Waals surface area (Å²) in [5.74, 6) is -0.170. The number of nitro benzene ring substituents is 1. The summed E-state index contributed by atoms with van der Waals surface area (Å²) in [5, 5.41) is 19.9. The second kappa shape index (κ2) is 3.18. The van der Waals surface area contributed by atoms with Crippen LogP contribution in [0.25, 0.3) is 10.2 Å². The quantitative estimate of drug-likeness (QED) is 0.641. The zero-order valence-electron chi connectivity index (χ0n) is 6.60. The minimum absolute atomic E-state index is 0.133. The molecule has 1 N–H and O–H groups in total. The lowest BCUT2D eigenvalue weighted by atomic mass is 10.3. The van der Waals surface area contributed by atoms with Crippen LogP contribution in [0, 0.1) is 10.1 Å². The van der Waals surface area contributed by atoms with Crippen molar-refractivity contribution in [1.82, 2.24) is 4.98 Å². The van der Waals surface area contributed by atoms with Gasteiger partial charge in [0.15, 0.2) is 3.92 Å². The molecular weight excluding hydrogens is 272 g/mol. The molecule has 0 aliphatic heterocycles. The molecule has 72 valence electrons. The van der Waals surface area contributed by atoms with Crippen LogP contribution in [-0.4, -0.2) is 15.0 Å². The lowest BCUT2D eigenvalue weighted by Crippen LogP contribution is -1.86. The molecule has 5 nitrogen and oxygen atoms in total. The van der Waals surface area contributed by atoms with Crippen molar-refractivity contribution >= 4 is 43.2 Å². The van der Waals surface area contributed by atoms with E-state index < -0.39 is 4.92 Å². The Morgan fingerprint density at radius 1 is 1.57 bits per heavy atom. The molecule has 0 unspecified atom stereocenters. The molecule has 2 aromatic rings. The number of hydrogen-bond acceptors (Lipinski definition) is 5. The van der Waals surface area contributed by atoms with Crippen LogP contribution in [-0.2, 0) is 0 Å². The number of thiazole rings is 1. The summed E-state index contributed by atoms with van der Waals surface area (Å²) < 4.78 is 1.17. The number of phenols is 1. The van der Waals surface area contributed by atoms with E-state index in [0.717, 1.165) is 6.07 Å². The zero-order valence-corrected chi connectivity index (χ0v) is 9.00. The molecule has 0 saturated heterocycles. The number of halogens is 1. The number of hydrogen-bond donors (Lipinski definition) is 1. The number of fused-ring (bicyclic) bond motifs is 1. The SMILES string of the molecule is O=[N+]([O-])c1cc(O)c2nc(Br)sc2c1. The minimum atomic E-state index is -0.549. The van der Waals surface area contributed by atoms with E-state index in [1.54, 1.807) is 0 Å². The van der Waals surface area contributed by atoms with Crippen LogP contribution in [0.15, 0.2) is 16.0 Å². The first-order chi connectivity index (χ1) is 6.58. The topological polar surface area (TPSA) is 76.3 Å². The summed E-state index contributed by atoms with van der Waals surface area (Å²) in [6, 6.07) is 2.48. The Morgan fingerprint density at radius 3 is 2.93 bits per heavy atom. The predicted octanol–water partition coefficient (Wildman–Crippen LogP) is 2.67. The third-order valence-corrected chi connectivity index (χ3v) is 3.10. The van der Waals surface area contributed by atoms with Crippen molar-refractivity contribution in [3.63, 3.8) is 0 Å². The van der Waals surface area contributed by atoms with Gasteiger partial charge in [0.25, 0.3) is 5.69 Å². The first kappa shape index (κ1) is 9.35. The second-order valence-electron chi connectivity index (χ2n) is 2.54. The standard InChI is InChI=1S/C7H3BrN2O3S/c8-7-9-6-4(11)1-3(10(12)13)2-5(6)14-7/h1-2,11H. The first-order valence-corrected chi connectivity index (χ1v) is 5.12. The summed E-state index contributed by atoms with van der Waals surface area (Å²) in [4.78, 5) is 13.9. The Balaban J connectivity index is 2.77. The van der Waals surface area contributed by atoms with Gasteiger partial charge in [0.1, 0.15) is 11.3 Å². The van der Waals surface area contributed by atoms with Crippen molar-refractivity contribution in [2.45, 2.75) is 0 Å². The largest absolute Gasteiger partial charge is 0.505 e. The van der Waals surface area contributed by atoms with E-state index in [-0.39, 0.29) is 11.4 Å². The van der Waals surface area contributed by atoms with E-state index in [0.29, 0.717) is 14.1 Å². The summed E-state index contributed by atoms with van der Waals surface area (Å²) in [7, 11) is 0. The van der Waals surface area contributed by atoms with Crippen molar-refractivity contribution in [2.24, 2.45) is 0 Å². The van der Waals surface area contributed by atoms with Gasteiger partial charge in [-0.05, 0) is 15.9 Å². The number of nitrogens with zero attached hydrogens (tertiary/aromatic N) is 2. The highest BCUT2D eigenvalue weighted by molar-refractivity contribution is 9.11. The van der Waals surface area contributed by atoms with Crippen LogP contribution in [0.2, 0.25) is 0 Å². The fourth-order valence-corrected chi connectivity index (χ4v) is 2.52. The van der Waals surface area contributed by atoms with E-state index >= 15 is 0 Å². The van der Waals surface area contributed by atoms with Gasteiger partial charge in [-0.3, -0.25) is 10.1 Å². The fourth-order valence-electron chi connectivity index (χ4n) is 1.08. The monoisotopic (exact) mass is 274 g/mol. The Hall–Kier alpha value is -1.21. The van der Waals surface area contributed by atoms with Gasteiger partial charge in [0.05, 0.1) is 15.7 Å². The lowest BCUT2D eigenvalue weighted by molar-refractivity contribution is -0.384. The molecule has 0 fully saturated rings. The average Bonchev–Trinajstić information content (AvgIpc) is 2.45. The van der Waals surface area contributed by atoms with Crippen LogP contribution < -0.4 is 0 Å². The van der Waals surface area contributed by atoms with Crippen molar-refractivity contribution in [1.29, 1.82) is 0 Å². The molecule has 7 heteroatoms. The van der Waals surface area contributed by atoms with Gasteiger partial charge < -0.3 is 5.11 Å². The van der Waals surface area contributed by atoms with Crippen molar-refractivity contribution in [3.05, 3.63) is 26.2 Å². The number of aromatic hydroxyl groups is 1. The number of benzene rings is 1. The Kier molecular flexibility index (Phi) is 2.12. The molecule has 0 aliphatic rings. The smallest absolute Gasteiger partial charge is 0.274 e. The summed E-state index contributed by atoms with van der Waals surface area (Å²) >= 11 is 4.39. The Labute approximate surface area is 90.3 Å². The van der Waals surface area contributed by atoms with Gasteiger partial charge >= 0.3 is 0 Å². The maximum Gasteiger partial charge on any atom is 0.274 e. The van der Waals surface area contributed by atoms with Crippen molar-refractivity contribution < 1.29 is 10.0 Å². The maximum atomic E-state index is 10.5. The van der Waals surface area contributed by atoms with Gasteiger partial charge in [-0.1, -0.05) is 0 Å². The van der Waals surface area contributed by atoms with E-state index in [1.165, 1.54) is 17.4 Å². The molecule has 1 aromatic heterocycles. The maximum absolute atomic E-state index is 10.5. The highest BCUT2D eigenvalue weighted by Gasteiger charge is 2.14. The van der Waals surface area contributed by atoms with Crippen LogP contribution in [0.1, 0.15) is 0 Å². The number of aromatic nitrogens is 1. The molecule has 0 spiro atoms. The molecule has 0 radical (unpaired) electrons. The lowest BCUT2D eigenvalue weighted by Gasteiger charge is -1.93. The molecule has 0 bridgehead atoms. The number of nitro groups is 1. The van der Waals surface area contributed by atoms with E-state index in [2.05, 4.69) is 20.9 Å². The van der Waals surface area contributed by atoms with Gasteiger partial charge in [-0.25, -0.2) is 4.98 Å². The molecule has 14 heavy (non-hydrogen) atoms. The Morgan fingerprint density at radius 2 is 2.29 bits per heavy atom. The van der Waals surface area contributed by atoms with Gasteiger partial charge in [0.2, 0.25) is 0 Å². The average molecular weight is 275 g/mol. The molecule has 0 amide bonds. The van der Waals surface area contributed by atoms with Crippen molar-refractivity contribution in [2.75, 3.05) is 0 Å². The third-order valence-electron chi connectivity index (χ3n) is 1.64. The van der Waals surface area contributed by atoms with Gasteiger partial charge in [-0.15, -0.1) is 11.3 Å². The van der Waals surface area contributed by atoms with Gasteiger partial charge in [-0.2, -0.15) is 0 Å². The second-order valence-corrected chi connectivity index (χ2v) is 4.84. The van der Waals surface area contributed by atoms with Crippen LogP contribution in [0.3, 0.4) is 0 Å². The number of phenolic OH excluding ortho intramolecular Hbond substituents is 1. The fraction of sp³-hybridized carbons (Fsp3) is 0. The molecular formula is C7H3BrN2O3S. The summed E-state index contributed by atoms with van der Waals surface area (Å²) in [5.41, 5.74) is 0.249. The van der Waals surface area contributed by atoms with Crippen LogP contribution in [0.5, 0.6) is 5.75 Å². The number of non-ortho nitro benzene ring substituents is 1. The normalized spacial score (nSPS) is 10.6. The molecule has 1 heterocycles. The molecule has 1 aromatic carbocycles. The van der Waals surface area contributed by atoms with E-state index in [4.69, 9.17) is 0 Å². The van der Waals surface area contributed by atoms with Crippen molar-refractivity contribution in [3.8, 4) is 5.75 Å². The van der Waals surface area contributed by atoms with E-state index in [9.17, 15) is 15.2 Å². The van der Waals surface area contributed by atoms with Crippen LogP contribution >= 0.6 is 27.3 Å². The Bertz CT molecular complexity index is 525. The van der Waals surface area contributed by atoms with Crippen LogP contribution in [0.4, 0.5) is 5.69 Å². The summed E-state index contributed by atoms with van der Waals surface area (Å²) in [6.45, 7) is 0. The predicted molar refractivity (Wildman–Crippen MR) is 55.6 cm³/mol. The molecule has 2 rings (SSSR count). The summed E-state index contributed by atoms with van der Waals surface area (Å²) in [6.07, 6.45) is 0. The molecule has 0 aliphatic carbocycles. The van der Waals surface area contributed by atoms with Gasteiger partial charge in [0, 0.05) is 6.07 Å². The van der Waals surface area contributed by atoms with E-state index in [1.807, 2.05) is 0 Å². The zero-order chi connectivity index (χ0) is 10.3. The molecule has 0 saturated carbocycles. The molecule has 0 atom stereocenters. The number of rotatable bonds is 1. The highest BCUT2D eigenvalue weighted by atomic mass is 79.9. The minimum Gasteiger partial charge on any atom is -0.505 e.